The van der Waals surface area contributed by atoms with Gasteiger partial charge in [-0.2, -0.15) is 0 Å². The summed E-state index contributed by atoms with van der Waals surface area (Å²) < 4.78 is 11.2. The zero-order valence-corrected chi connectivity index (χ0v) is 9.61. The van der Waals surface area contributed by atoms with Crippen LogP contribution >= 0.6 is 0 Å². The van der Waals surface area contributed by atoms with E-state index in [2.05, 4.69) is 0 Å². The minimum absolute atomic E-state index is 0.0817. The summed E-state index contributed by atoms with van der Waals surface area (Å²) in [6.07, 6.45) is 2.19. The molecule has 0 spiro atoms. The van der Waals surface area contributed by atoms with E-state index < -0.39 is 0 Å². The lowest BCUT2D eigenvalue weighted by molar-refractivity contribution is 0.0253. The average Bonchev–Trinajstić information content (AvgIpc) is 2.33. The van der Waals surface area contributed by atoms with Crippen LogP contribution in [0.25, 0.3) is 0 Å². The van der Waals surface area contributed by atoms with Crippen LogP contribution in [0, 0.1) is 6.92 Å². The second-order valence-corrected chi connectivity index (χ2v) is 4.19. The molecule has 1 aromatic rings. The van der Waals surface area contributed by atoms with E-state index in [0.717, 1.165) is 42.9 Å². The molecule has 1 aromatic carbocycles. The Morgan fingerprint density at radius 2 is 2.12 bits per heavy atom. The SMILES string of the molecule is Cc1cc(CO)ccc1OC1CCOCC1. The van der Waals surface area contributed by atoms with Gasteiger partial charge in [0.15, 0.2) is 0 Å². The third-order valence-corrected chi connectivity index (χ3v) is 2.88. The average molecular weight is 222 g/mol. The van der Waals surface area contributed by atoms with Crippen LogP contribution < -0.4 is 4.74 Å². The van der Waals surface area contributed by atoms with Crippen LogP contribution in [-0.4, -0.2) is 24.4 Å². The smallest absolute Gasteiger partial charge is 0.122 e. The van der Waals surface area contributed by atoms with Gasteiger partial charge in [-0.15, -0.1) is 0 Å². The van der Waals surface area contributed by atoms with Crippen LogP contribution in [0.2, 0.25) is 0 Å². The highest BCUT2D eigenvalue weighted by molar-refractivity contribution is 5.36. The van der Waals surface area contributed by atoms with Gasteiger partial charge >= 0.3 is 0 Å². The van der Waals surface area contributed by atoms with Gasteiger partial charge in [0.2, 0.25) is 0 Å². The van der Waals surface area contributed by atoms with Gasteiger partial charge in [-0.05, 0) is 24.1 Å². The van der Waals surface area contributed by atoms with Crippen molar-refractivity contribution in [3.8, 4) is 5.75 Å². The number of aliphatic hydroxyl groups excluding tert-OH is 1. The van der Waals surface area contributed by atoms with Gasteiger partial charge in [-0.1, -0.05) is 12.1 Å². The zero-order valence-electron chi connectivity index (χ0n) is 9.61. The zero-order chi connectivity index (χ0) is 11.4. The molecule has 0 atom stereocenters. The van der Waals surface area contributed by atoms with E-state index in [4.69, 9.17) is 14.6 Å². The maximum Gasteiger partial charge on any atom is 0.122 e. The quantitative estimate of drug-likeness (QED) is 0.850. The number of aliphatic hydroxyl groups is 1. The molecular formula is C13H18O3. The van der Waals surface area contributed by atoms with Crippen molar-refractivity contribution in [2.45, 2.75) is 32.5 Å². The molecule has 1 heterocycles. The first-order valence-corrected chi connectivity index (χ1v) is 5.74. The molecule has 3 heteroatoms. The van der Waals surface area contributed by atoms with Gasteiger partial charge in [0.1, 0.15) is 11.9 Å². The molecule has 2 rings (SSSR count). The molecule has 16 heavy (non-hydrogen) atoms. The van der Waals surface area contributed by atoms with Crippen LogP contribution in [0.1, 0.15) is 24.0 Å². The Morgan fingerprint density at radius 3 is 2.75 bits per heavy atom. The third-order valence-electron chi connectivity index (χ3n) is 2.88. The summed E-state index contributed by atoms with van der Waals surface area (Å²) in [5.41, 5.74) is 2.01. The van der Waals surface area contributed by atoms with Gasteiger partial charge in [-0.25, -0.2) is 0 Å². The number of hydrogen-bond donors (Lipinski definition) is 1. The van der Waals surface area contributed by atoms with E-state index in [1.807, 2.05) is 25.1 Å². The van der Waals surface area contributed by atoms with Gasteiger partial charge < -0.3 is 14.6 Å². The summed E-state index contributed by atoms with van der Waals surface area (Å²) in [4.78, 5) is 0. The standard InChI is InChI=1S/C13H18O3/c1-10-8-11(9-14)2-3-13(10)16-12-4-6-15-7-5-12/h2-3,8,12,14H,4-7,9H2,1H3. The highest BCUT2D eigenvalue weighted by Crippen LogP contribution is 2.23. The summed E-state index contributed by atoms with van der Waals surface area (Å²) in [5.74, 6) is 0.920. The Hall–Kier alpha value is -1.06. The Labute approximate surface area is 96.0 Å². The van der Waals surface area contributed by atoms with E-state index in [-0.39, 0.29) is 12.7 Å². The van der Waals surface area contributed by atoms with E-state index in [1.165, 1.54) is 0 Å². The van der Waals surface area contributed by atoms with E-state index in [0.29, 0.717) is 0 Å². The first-order chi connectivity index (χ1) is 7.79. The molecular weight excluding hydrogens is 204 g/mol. The fraction of sp³-hybridized carbons (Fsp3) is 0.538. The lowest BCUT2D eigenvalue weighted by atomic mass is 10.1. The first kappa shape index (κ1) is 11.4. The van der Waals surface area contributed by atoms with Crippen molar-refractivity contribution in [2.24, 2.45) is 0 Å². The highest BCUT2D eigenvalue weighted by Gasteiger charge is 2.15. The topological polar surface area (TPSA) is 38.7 Å². The first-order valence-electron chi connectivity index (χ1n) is 5.74. The van der Waals surface area contributed by atoms with E-state index >= 15 is 0 Å². The lowest BCUT2D eigenvalue weighted by Gasteiger charge is -2.24. The predicted molar refractivity (Wildman–Crippen MR) is 61.6 cm³/mol. The van der Waals surface area contributed by atoms with E-state index in [1.54, 1.807) is 0 Å². The maximum atomic E-state index is 9.02. The molecule has 0 amide bonds. The minimum Gasteiger partial charge on any atom is -0.490 e. The fourth-order valence-corrected chi connectivity index (χ4v) is 1.92. The molecule has 0 aliphatic carbocycles. The predicted octanol–water partition coefficient (Wildman–Crippen LogP) is 2.05. The summed E-state index contributed by atoms with van der Waals surface area (Å²) >= 11 is 0. The summed E-state index contributed by atoms with van der Waals surface area (Å²) in [6, 6.07) is 5.81. The molecule has 1 fully saturated rings. The molecule has 1 aliphatic rings. The monoisotopic (exact) mass is 222 g/mol. The Kier molecular flexibility index (Phi) is 3.80. The lowest BCUT2D eigenvalue weighted by Crippen LogP contribution is -2.26. The molecule has 0 unspecified atom stereocenters. The van der Waals surface area contributed by atoms with Gasteiger partial charge in [-0.3, -0.25) is 0 Å². The summed E-state index contributed by atoms with van der Waals surface area (Å²) in [5, 5.41) is 9.02. The molecule has 0 aromatic heterocycles. The van der Waals surface area contributed by atoms with Crippen molar-refractivity contribution in [2.75, 3.05) is 13.2 Å². The summed E-state index contributed by atoms with van der Waals surface area (Å²) in [6.45, 7) is 3.67. The van der Waals surface area contributed by atoms with Gasteiger partial charge in [0.05, 0.1) is 19.8 Å². The summed E-state index contributed by atoms with van der Waals surface area (Å²) in [7, 11) is 0. The second-order valence-electron chi connectivity index (χ2n) is 4.19. The van der Waals surface area contributed by atoms with Crippen molar-refractivity contribution in [3.63, 3.8) is 0 Å². The molecule has 0 bridgehead atoms. The van der Waals surface area contributed by atoms with Crippen molar-refractivity contribution >= 4 is 0 Å². The number of ether oxygens (including phenoxy) is 2. The van der Waals surface area contributed by atoms with Crippen LogP contribution in [0.15, 0.2) is 18.2 Å². The number of rotatable bonds is 3. The number of aryl methyl sites for hydroxylation is 1. The van der Waals surface area contributed by atoms with Crippen molar-refractivity contribution in [3.05, 3.63) is 29.3 Å². The molecule has 0 saturated carbocycles. The largest absolute Gasteiger partial charge is 0.490 e. The van der Waals surface area contributed by atoms with Crippen molar-refractivity contribution in [1.82, 2.24) is 0 Å². The number of benzene rings is 1. The Morgan fingerprint density at radius 1 is 1.38 bits per heavy atom. The van der Waals surface area contributed by atoms with Gasteiger partial charge in [0.25, 0.3) is 0 Å². The molecule has 1 N–H and O–H groups in total. The fourth-order valence-electron chi connectivity index (χ4n) is 1.92. The highest BCUT2D eigenvalue weighted by atomic mass is 16.5. The Bertz CT molecular complexity index is 343. The molecule has 1 aliphatic heterocycles. The van der Waals surface area contributed by atoms with Crippen LogP contribution in [0.3, 0.4) is 0 Å². The van der Waals surface area contributed by atoms with Crippen LogP contribution in [-0.2, 0) is 11.3 Å². The second kappa shape index (κ2) is 5.32. The molecule has 0 radical (unpaired) electrons. The molecule has 3 nitrogen and oxygen atoms in total. The minimum atomic E-state index is 0.0817. The van der Waals surface area contributed by atoms with Crippen LogP contribution in [0.5, 0.6) is 5.75 Å². The van der Waals surface area contributed by atoms with E-state index in [9.17, 15) is 0 Å². The third kappa shape index (κ3) is 2.74. The molecule has 88 valence electrons. The van der Waals surface area contributed by atoms with Gasteiger partial charge in [0, 0.05) is 12.8 Å². The van der Waals surface area contributed by atoms with Crippen LogP contribution in [0.4, 0.5) is 0 Å². The Balaban J connectivity index is 2.03. The maximum absolute atomic E-state index is 9.02. The number of hydrogen-bond acceptors (Lipinski definition) is 3. The van der Waals surface area contributed by atoms with Crippen molar-refractivity contribution < 1.29 is 14.6 Å². The normalized spacial score (nSPS) is 17.4. The van der Waals surface area contributed by atoms with Crippen molar-refractivity contribution in [1.29, 1.82) is 0 Å². The molecule has 1 saturated heterocycles.